The van der Waals surface area contributed by atoms with Crippen LogP contribution in [-0.4, -0.2) is 53.7 Å². The third kappa shape index (κ3) is 4.18. The molecule has 1 aliphatic heterocycles. The van der Waals surface area contributed by atoms with E-state index in [1.807, 2.05) is 20.8 Å². The molecule has 1 heterocycles. The predicted molar refractivity (Wildman–Crippen MR) is 75.2 cm³/mol. The summed E-state index contributed by atoms with van der Waals surface area (Å²) >= 11 is 0. The van der Waals surface area contributed by atoms with Crippen molar-refractivity contribution < 1.29 is 19.4 Å². The minimum Gasteiger partial charge on any atom is -0.481 e. The molecule has 3 N–H and O–H groups in total. The van der Waals surface area contributed by atoms with Crippen LogP contribution >= 0.6 is 0 Å². The number of carboxylic acid groups (broad SMARTS) is 1. The van der Waals surface area contributed by atoms with Gasteiger partial charge in [0.1, 0.15) is 5.92 Å². The molecule has 20 heavy (non-hydrogen) atoms. The van der Waals surface area contributed by atoms with Crippen molar-refractivity contribution in [3.8, 4) is 0 Å². The van der Waals surface area contributed by atoms with Gasteiger partial charge < -0.3 is 20.5 Å². The van der Waals surface area contributed by atoms with Crippen LogP contribution in [0.4, 0.5) is 0 Å². The Morgan fingerprint density at radius 2 is 2.05 bits per heavy atom. The van der Waals surface area contributed by atoms with Crippen LogP contribution in [0.15, 0.2) is 0 Å². The van der Waals surface area contributed by atoms with E-state index in [0.717, 1.165) is 6.42 Å². The smallest absolute Gasteiger partial charge is 0.311 e. The standard InChI is InChI=1S/C14H26N2O4/c1-4-5-16(13(17)11(15)6-9(2)3)12-8-20-7-10(12)14(18)19/h9-12H,4-8,15H2,1-3H3,(H,18,19)/t10?,11-,12?/m1/s1. The van der Waals surface area contributed by atoms with Gasteiger partial charge in [-0.15, -0.1) is 0 Å². The van der Waals surface area contributed by atoms with Gasteiger partial charge >= 0.3 is 5.97 Å². The van der Waals surface area contributed by atoms with E-state index in [9.17, 15) is 14.7 Å². The summed E-state index contributed by atoms with van der Waals surface area (Å²) in [5.41, 5.74) is 5.96. The lowest BCUT2D eigenvalue weighted by atomic mass is 9.98. The number of aliphatic carboxylic acids is 1. The van der Waals surface area contributed by atoms with Gasteiger partial charge in [-0.05, 0) is 18.8 Å². The van der Waals surface area contributed by atoms with Crippen molar-refractivity contribution in [1.29, 1.82) is 0 Å². The topological polar surface area (TPSA) is 92.9 Å². The Balaban J connectivity index is 2.82. The molecule has 1 rings (SSSR count). The average Bonchev–Trinajstić information content (AvgIpc) is 2.83. The van der Waals surface area contributed by atoms with Gasteiger partial charge in [0.05, 0.1) is 25.3 Å². The Morgan fingerprint density at radius 1 is 1.40 bits per heavy atom. The van der Waals surface area contributed by atoms with Crippen LogP contribution < -0.4 is 5.73 Å². The fourth-order valence-corrected chi connectivity index (χ4v) is 2.59. The van der Waals surface area contributed by atoms with Crippen molar-refractivity contribution in [2.45, 2.75) is 45.7 Å². The second-order valence-corrected chi connectivity index (χ2v) is 5.82. The number of carbonyl (C=O) groups excluding carboxylic acids is 1. The summed E-state index contributed by atoms with van der Waals surface area (Å²) in [5.74, 6) is -1.41. The van der Waals surface area contributed by atoms with Gasteiger partial charge in [0, 0.05) is 6.54 Å². The van der Waals surface area contributed by atoms with E-state index in [0.29, 0.717) is 18.9 Å². The summed E-state index contributed by atoms with van der Waals surface area (Å²) in [6.45, 7) is 6.93. The summed E-state index contributed by atoms with van der Waals surface area (Å²) in [4.78, 5) is 25.3. The van der Waals surface area contributed by atoms with Crippen molar-refractivity contribution >= 4 is 11.9 Å². The molecule has 3 atom stereocenters. The Labute approximate surface area is 120 Å². The molecule has 0 bridgehead atoms. The Bertz CT molecular complexity index is 346. The van der Waals surface area contributed by atoms with E-state index in [2.05, 4.69) is 0 Å². The monoisotopic (exact) mass is 286 g/mol. The van der Waals surface area contributed by atoms with Crippen LogP contribution in [0, 0.1) is 11.8 Å². The van der Waals surface area contributed by atoms with Crippen molar-refractivity contribution in [1.82, 2.24) is 4.90 Å². The van der Waals surface area contributed by atoms with Crippen LogP contribution in [0.5, 0.6) is 0 Å². The first-order valence-electron chi connectivity index (χ1n) is 7.25. The average molecular weight is 286 g/mol. The molecule has 1 amide bonds. The molecule has 116 valence electrons. The van der Waals surface area contributed by atoms with Gasteiger partial charge in [0.2, 0.25) is 5.91 Å². The molecule has 0 aromatic heterocycles. The highest BCUT2D eigenvalue weighted by Gasteiger charge is 2.40. The zero-order valence-corrected chi connectivity index (χ0v) is 12.5. The largest absolute Gasteiger partial charge is 0.481 e. The second kappa shape index (κ2) is 7.59. The first kappa shape index (κ1) is 16.9. The third-order valence-electron chi connectivity index (χ3n) is 3.56. The number of carbonyl (C=O) groups is 2. The van der Waals surface area contributed by atoms with E-state index in [1.165, 1.54) is 0 Å². The highest BCUT2D eigenvalue weighted by atomic mass is 16.5. The lowest BCUT2D eigenvalue weighted by molar-refractivity contribution is -0.145. The lowest BCUT2D eigenvalue weighted by Crippen LogP contribution is -2.52. The first-order chi connectivity index (χ1) is 9.38. The molecule has 6 heteroatoms. The molecule has 1 saturated heterocycles. The fraction of sp³-hybridized carbons (Fsp3) is 0.857. The van der Waals surface area contributed by atoms with Crippen LogP contribution in [0.2, 0.25) is 0 Å². The quantitative estimate of drug-likeness (QED) is 0.718. The maximum Gasteiger partial charge on any atom is 0.311 e. The zero-order valence-electron chi connectivity index (χ0n) is 12.5. The van der Waals surface area contributed by atoms with Crippen LogP contribution in [-0.2, 0) is 14.3 Å². The molecule has 0 aromatic carbocycles. The minimum absolute atomic E-state index is 0.160. The number of rotatable bonds is 7. The van der Waals surface area contributed by atoms with Crippen molar-refractivity contribution in [3.63, 3.8) is 0 Å². The number of hydrogen-bond donors (Lipinski definition) is 2. The van der Waals surface area contributed by atoms with E-state index in [1.54, 1.807) is 4.90 Å². The number of ether oxygens (including phenoxy) is 1. The van der Waals surface area contributed by atoms with E-state index in [-0.39, 0.29) is 19.1 Å². The number of hydrogen-bond acceptors (Lipinski definition) is 4. The van der Waals surface area contributed by atoms with Gasteiger partial charge in [0.15, 0.2) is 0 Å². The summed E-state index contributed by atoms with van der Waals surface area (Å²) < 4.78 is 5.25. The van der Waals surface area contributed by atoms with Crippen molar-refractivity contribution in [2.75, 3.05) is 19.8 Å². The molecule has 6 nitrogen and oxygen atoms in total. The lowest BCUT2D eigenvalue weighted by Gasteiger charge is -2.32. The number of amides is 1. The highest BCUT2D eigenvalue weighted by Crippen LogP contribution is 2.22. The summed E-state index contributed by atoms with van der Waals surface area (Å²) in [5, 5.41) is 9.22. The van der Waals surface area contributed by atoms with Crippen LogP contribution in [0.1, 0.15) is 33.6 Å². The van der Waals surface area contributed by atoms with Crippen molar-refractivity contribution in [2.24, 2.45) is 17.6 Å². The fourth-order valence-electron chi connectivity index (χ4n) is 2.59. The Hall–Kier alpha value is -1.14. The maximum absolute atomic E-state index is 12.5. The Morgan fingerprint density at radius 3 is 2.55 bits per heavy atom. The zero-order chi connectivity index (χ0) is 15.3. The molecular formula is C14H26N2O4. The molecular weight excluding hydrogens is 260 g/mol. The van der Waals surface area contributed by atoms with Crippen LogP contribution in [0.25, 0.3) is 0 Å². The van der Waals surface area contributed by atoms with E-state index < -0.39 is 24.0 Å². The van der Waals surface area contributed by atoms with Gasteiger partial charge in [-0.3, -0.25) is 9.59 Å². The predicted octanol–water partition coefficient (Wildman–Crippen LogP) is 0.698. The second-order valence-electron chi connectivity index (χ2n) is 5.82. The van der Waals surface area contributed by atoms with Gasteiger partial charge in [-0.2, -0.15) is 0 Å². The third-order valence-corrected chi connectivity index (χ3v) is 3.56. The Kier molecular flexibility index (Phi) is 6.42. The summed E-state index contributed by atoms with van der Waals surface area (Å²) in [6, 6.07) is -0.977. The first-order valence-corrected chi connectivity index (χ1v) is 7.25. The van der Waals surface area contributed by atoms with Gasteiger partial charge in [0.25, 0.3) is 0 Å². The van der Waals surface area contributed by atoms with Crippen molar-refractivity contribution in [3.05, 3.63) is 0 Å². The molecule has 0 spiro atoms. The normalized spacial score (nSPS) is 23.9. The summed E-state index contributed by atoms with van der Waals surface area (Å²) in [6.07, 6.45) is 1.37. The van der Waals surface area contributed by atoms with Gasteiger partial charge in [-0.1, -0.05) is 20.8 Å². The van der Waals surface area contributed by atoms with Crippen LogP contribution in [0.3, 0.4) is 0 Å². The minimum atomic E-state index is -0.918. The maximum atomic E-state index is 12.5. The molecule has 0 radical (unpaired) electrons. The molecule has 1 fully saturated rings. The molecule has 0 aromatic rings. The molecule has 2 unspecified atom stereocenters. The SMILES string of the molecule is CCCN(C(=O)[C@H](N)CC(C)C)C1COCC1C(=O)O. The van der Waals surface area contributed by atoms with Gasteiger partial charge in [-0.25, -0.2) is 0 Å². The number of nitrogens with two attached hydrogens (primary N) is 1. The highest BCUT2D eigenvalue weighted by molar-refractivity contribution is 5.83. The molecule has 0 saturated carbocycles. The summed E-state index contributed by atoms with van der Waals surface area (Å²) in [7, 11) is 0. The molecule has 1 aliphatic rings. The number of nitrogens with zero attached hydrogens (tertiary/aromatic N) is 1. The van der Waals surface area contributed by atoms with E-state index in [4.69, 9.17) is 10.5 Å². The number of carboxylic acids is 1. The molecule has 0 aliphatic carbocycles. The van der Waals surface area contributed by atoms with E-state index >= 15 is 0 Å².